The van der Waals surface area contributed by atoms with Crippen molar-refractivity contribution in [1.29, 1.82) is 0 Å². The van der Waals surface area contributed by atoms with Crippen molar-refractivity contribution < 1.29 is 9.84 Å². The second-order valence-electron chi connectivity index (χ2n) is 4.06. The average molecular weight is 238 g/mol. The average Bonchev–Trinajstić information content (AvgIpc) is 2.38. The van der Waals surface area contributed by atoms with E-state index in [1.54, 1.807) is 6.20 Å². The number of hydrogen-bond acceptors (Lipinski definition) is 4. The number of unbranched alkanes of at least 4 members (excludes halogenated alkanes) is 2. The van der Waals surface area contributed by atoms with Crippen LogP contribution in [0.15, 0.2) is 18.3 Å². The van der Waals surface area contributed by atoms with E-state index in [1.165, 1.54) is 0 Å². The highest BCUT2D eigenvalue weighted by atomic mass is 16.5. The molecule has 0 aliphatic carbocycles. The van der Waals surface area contributed by atoms with Crippen LogP contribution in [0.25, 0.3) is 0 Å². The molecule has 1 unspecified atom stereocenters. The highest BCUT2D eigenvalue weighted by Gasteiger charge is 2.03. The number of rotatable bonds is 8. The number of ether oxygens (including phenoxy) is 1. The van der Waals surface area contributed by atoms with Gasteiger partial charge in [-0.05, 0) is 45.4 Å². The molecular weight excluding hydrogens is 216 g/mol. The number of aliphatic hydroxyl groups excluding tert-OH is 1. The lowest BCUT2D eigenvalue weighted by Gasteiger charge is -2.10. The summed E-state index contributed by atoms with van der Waals surface area (Å²) in [5.41, 5.74) is 1.01. The molecule has 4 heteroatoms. The Bertz CT molecular complexity index is 301. The first-order valence-corrected chi connectivity index (χ1v) is 6.14. The van der Waals surface area contributed by atoms with Gasteiger partial charge in [-0.2, -0.15) is 0 Å². The Balaban J connectivity index is 2.30. The van der Waals surface area contributed by atoms with E-state index in [2.05, 4.69) is 17.2 Å². The molecule has 0 bridgehead atoms. The summed E-state index contributed by atoms with van der Waals surface area (Å²) in [7, 11) is 1.91. The molecule has 0 amide bonds. The number of hydrogen-bond donors (Lipinski definition) is 2. The van der Waals surface area contributed by atoms with Crippen LogP contribution in [0.2, 0.25) is 0 Å². The highest BCUT2D eigenvalue weighted by molar-refractivity contribution is 5.21. The SMILES string of the molecule is CNC(C)c1ccc(OCCCCCO)cn1. The molecule has 4 nitrogen and oxygen atoms in total. The van der Waals surface area contributed by atoms with Crippen molar-refractivity contribution >= 4 is 0 Å². The van der Waals surface area contributed by atoms with Gasteiger partial charge in [-0.15, -0.1) is 0 Å². The quantitative estimate of drug-likeness (QED) is 0.679. The monoisotopic (exact) mass is 238 g/mol. The topological polar surface area (TPSA) is 54.4 Å². The van der Waals surface area contributed by atoms with Crippen LogP contribution in [0.4, 0.5) is 0 Å². The summed E-state index contributed by atoms with van der Waals surface area (Å²) in [4.78, 5) is 4.34. The van der Waals surface area contributed by atoms with Gasteiger partial charge in [0.25, 0.3) is 0 Å². The molecule has 0 fully saturated rings. The van der Waals surface area contributed by atoms with Crippen molar-refractivity contribution in [1.82, 2.24) is 10.3 Å². The minimum absolute atomic E-state index is 0.258. The van der Waals surface area contributed by atoms with Crippen molar-refractivity contribution in [3.8, 4) is 5.75 Å². The van der Waals surface area contributed by atoms with E-state index in [4.69, 9.17) is 9.84 Å². The Labute approximate surface area is 103 Å². The normalized spacial score (nSPS) is 12.4. The van der Waals surface area contributed by atoms with Crippen LogP contribution in [0.1, 0.15) is 37.9 Å². The molecule has 1 rings (SSSR count). The zero-order chi connectivity index (χ0) is 12.5. The van der Waals surface area contributed by atoms with Crippen molar-refractivity contribution in [3.05, 3.63) is 24.0 Å². The standard InChI is InChI=1S/C13H22N2O2/c1-11(14-2)13-7-6-12(10-15-13)17-9-5-3-4-8-16/h6-7,10-11,14,16H,3-5,8-9H2,1-2H3. The van der Waals surface area contributed by atoms with Crippen LogP contribution < -0.4 is 10.1 Å². The number of pyridine rings is 1. The van der Waals surface area contributed by atoms with Gasteiger partial charge in [-0.1, -0.05) is 0 Å². The van der Waals surface area contributed by atoms with Gasteiger partial charge >= 0.3 is 0 Å². The molecule has 0 spiro atoms. The van der Waals surface area contributed by atoms with Gasteiger partial charge in [0, 0.05) is 12.6 Å². The minimum Gasteiger partial charge on any atom is -0.492 e. The maximum atomic E-state index is 8.63. The molecule has 1 heterocycles. The fourth-order valence-corrected chi connectivity index (χ4v) is 1.46. The van der Waals surface area contributed by atoms with Crippen molar-refractivity contribution in [2.75, 3.05) is 20.3 Å². The van der Waals surface area contributed by atoms with Crippen LogP contribution in [0, 0.1) is 0 Å². The molecule has 17 heavy (non-hydrogen) atoms. The summed E-state index contributed by atoms with van der Waals surface area (Å²) in [6, 6.07) is 4.18. The minimum atomic E-state index is 0.258. The second kappa shape index (κ2) is 8.03. The molecule has 2 N–H and O–H groups in total. The third-order valence-electron chi connectivity index (χ3n) is 2.71. The molecule has 0 saturated heterocycles. The molecule has 0 aliphatic rings. The van der Waals surface area contributed by atoms with Crippen LogP contribution >= 0.6 is 0 Å². The molecule has 0 aromatic carbocycles. The molecule has 96 valence electrons. The van der Waals surface area contributed by atoms with E-state index in [0.29, 0.717) is 6.61 Å². The highest BCUT2D eigenvalue weighted by Crippen LogP contribution is 2.14. The van der Waals surface area contributed by atoms with Crippen LogP contribution in [0.5, 0.6) is 5.75 Å². The third kappa shape index (κ3) is 5.15. The lowest BCUT2D eigenvalue weighted by molar-refractivity contribution is 0.265. The van der Waals surface area contributed by atoms with E-state index in [0.717, 1.165) is 30.7 Å². The maximum absolute atomic E-state index is 8.63. The largest absolute Gasteiger partial charge is 0.492 e. The maximum Gasteiger partial charge on any atom is 0.137 e. The van der Waals surface area contributed by atoms with Gasteiger partial charge in [0.15, 0.2) is 0 Å². The summed E-state index contributed by atoms with van der Waals surface area (Å²) in [5, 5.41) is 11.8. The molecule has 1 aromatic heterocycles. The van der Waals surface area contributed by atoms with E-state index in [9.17, 15) is 0 Å². The molecule has 0 aliphatic heterocycles. The van der Waals surface area contributed by atoms with Gasteiger partial charge < -0.3 is 15.2 Å². The fourth-order valence-electron chi connectivity index (χ4n) is 1.46. The predicted molar refractivity (Wildman–Crippen MR) is 68.1 cm³/mol. The Morgan fingerprint density at radius 2 is 2.18 bits per heavy atom. The van der Waals surface area contributed by atoms with Crippen molar-refractivity contribution in [2.24, 2.45) is 0 Å². The van der Waals surface area contributed by atoms with Gasteiger partial charge in [0.1, 0.15) is 5.75 Å². The summed E-state index contributed by atoms with van der Waals surface area (Å²) in [6.07, 6.45) is 4.57. The lowest BCUT2D eigenvalue weighted by Crippen LogP contribution is -2.13. The van der Waals surface area contributed by atoms with Crippen LogP contribution in [-0.4, -0.2) is 30.4 Å². The van der Waals surface area contributed by atoms with E-state index in [1.807, 2.05) is 19.2 Å². The van der Waals surface area contributed by atoms with Gasteiger partial charge in [-0.25, -0.2) is 0 Å². The predicted octanol–water partition coefficient (Wildman–Crippen LogP) is 1.90. The molecule has 1 aromatic rings. The Kier molecular flexibility index (Phi) is 6.58. The Morgan fingerprint density at radius 3 is 2.76 bits per heavy atom. The number of aliphatic hydroxyl groups is 1. The first-order chi connectivity index (χ1) is 8.27. The van der Waals surface area contributed by atoms with Crippen LogP contribution in [0.3, 0.4) is 0 Å². The second-order valence-corrected chi connectivity index (χ2v) is 4.06. The van der Waals surface area contributed by atoms with Crippen molar-refractivity contribution in [2.45, 2.75) is 32.2 Å². The summed E-state index contributed by atoms with van der Waals surface area (Å²) >= 11 is 0. The first kappa shape index (κ1) is 13.9. The molecular formula is C13H22N2O2. The van der Waals surface area contributed by atoms with Gasteiger partial charge in [0.2, 0.25) is 0 Å². The fraction of sp³-hybridized carbons (Fsp3) is 0.615. The van der Waals surface area contributed by atoms with E-state index < -0.39 is 0 Å². The smallest absolute Gasteiger partial charge is 0.137 e. The zero-order valence-corrected chi connectivity index (χ0v) is 10.6. The Morgan fingerprint density at radius 1 is 1.35 bits per heavy atom. The summed E-state index contributed by atoms with van der Waals surface area (Å²) in [6.45, 7) is 3.01. The number of nitrogens with zero attached hydrogens (tertiary/aromatic N) is 1. The molecule has 0 radical (unpaired) electrons. The first-order valence-electron chi connectivity index (χ1n) is 6.14. The Hall–Kier alpha value is -1.13. The zero-order valence-electron chi connectivity index (χ0n) is 10.6. The van der Waals surface area contributed by atoms with Crippen LogP contribution in [-0.2, 0) is 0 Å². The van der Waals surface area contributed by atoms with Crippen molar-refractivity contribution in [3.63, 3.8) is 0 Å². The van der Waals surface area contributed by atoms with Gasteiger partial charge in [-0.3, -0.25) is 4.98 Å². The summed E-state index contributed by atoms with van der Waals surface area (Å²) in [5.74, 6) is 0.807. The summed E-state index contributed by atoms with van der Waals surface area (Å²) < 4.78 is 5.56. The lowest BCUT2D eigenvalue weighted by atomic mass is 10.2. The van der Waals surface area contributed by atoms with E-state index >= 15 is 0 Å². The molecule has 0 saturated carbocycles. The molecule has 1 atom stereocenters. The number of nitrogens with one attached hydrogen (secondary N) is 1. The van der Waals surface area contributed by atoms with Gasteiger partial charge in [0.05, 0.1) is 18.5 Å². The number of aromatic nitrogens is 1. The van der Waals surface area contributed by atoms with E-state index in [-0.39, 0.29) is 12.6 Å². The third-order valence-corrected chi connectivity index (χ3v) is 2.71.